The molecule has 3 heterocycles. The number of hydrogen-bond acceptors (Lipinski definition) is 3. The van der Waals surface area contributed by atoms with E-state index in [0.29, 0.717) is 23.5 Å². The van der Waals surface area contributed by atoms with Crippen molar-refractivity contribution in [2.45, 2.75) is 31.3 Å². The van der Waals surface area contributed by atoms with Crippen LogP contribution in [0.2, 0.25) is 0 Å². The molecule has 0 saturated carbocycles. The van der Waals surface area contributed by atoms with E-state index in [9.17, 15) is 9.18 Å². The number of fused-ring (bicyclic) bond motifs is 2. The zero-order valence-corrected chi connectivity index (χ0v) is 14.0. The zero-order valence-electron chi connectivity index (χ0n) is 13.2. The van der Waals surface area contributed by atoms with E-state index in [1.807, 2.05) is 4.90 Å². The molecule has 2 atom stereocenters. The summed E-state index contributed by atoms with van der Waals surface area (Å²) >= 11 is 0. The van der Waals surface area contributed by atoms with Crippen LogP contribution in [0.5, 0.6) is 0 Å². The lowest BCUT2D eigenvalue weighted by atomic mass is 10.1. The third-order valence-electron chi connectivity index (χ3n) is 4.76. The van der Waals surface area contributed by atoms with Crippen molar-refractivity contribution in [2.75, 3.05) is 13.1 Å². The maximum absolute atomic E-state index is 13.0. The summed E-state index contributed by atoms with van der Waals surface area (Å²) in [4.78, 5) is 14.6. The van der Waals surface area contributed by atoms with Crippen LogP contribution in [0.3, 0.4) is 0 Å². The van der Waals surface area contributed by atoms with Crippen molar-refractivity contribution in [3.05, 3.63) is 41.8 Å². The van der Waals surface area contributed by atoms with Crippen molar-refractivity contribution in [3.8, 4) is 11.3 Å². The second kappa shape index (κ2) is 6.91. The lowest BCUT2D eigenvalue weighted by Crippen LogP contribution is -2.39. The lowest BCUT2D eigenvalue weighted by molar-refractivity contribution is 0.0742. The van der Waals surface area contributed by atoms with Gasteiger partial charge in [0.25, 0.3) is 5.91 Å². The third kappa shape index (κ3) is 3.30. The van der Waals surface area contributed by atoms with Gasteiger partial charge >= 0.3 is 0 Å². The van der Waals surface area contributed by atoms with Gasteiger partial charge in [-0.3, -0.25) is 9.89 Å². The molecule has 2 unspecified atom stereocenters. The fourth-order valence-electron chi connectivity index (χ4n) is 3.50. The summed E-state index contributed by atoms with van der Waals surface area (Å²) < 4.78 is 13.0. The minimum atomic E-state index is -0.285. The van der Waals surface area contributed by atoms with Gasteiger partial charge in [0.15, 0.2) is 0 Å². The van der Waals surface area contributed by atoms with Crippen LogP contribution in [0.1, 0.15) is 29.8 Å². The quantitative estimate of drug-likeness (QED) is 0.875. The summed E-state index contributed by atoms with van der Waals surface area (Å²) in [5, 5.41) is 10.6. The van der Waals surface area contributed by atoms with Gasteiger partial charge in [-0.25, -0.2) is 4.39 Å². The van der Waals surface area contributed by atoms with E-state index in [-0.39, 0.29) is 24.1 Å². The summed E-state index contributed by atoms with van der Waals surface area (Å²) in [6, 6.07) is 8.81. The van der Waals surface area contributed by atoms with Crippen LogP contribution in [0.4, 0.5) is 4.39 Å². The van der Waals surface area contributed by atoms with Crippen molar-refractivity contribution in [2.24, 2.45) is 0 Å². The number of carbonyl (C=O) groups excluding carboxylic acids is 1. The molecule has 7 heteroatoms. The number of carbonyl (C=O) groups is 1. The highest BCUT2D eigenvalue weighted by molar-refractivity contribution is 5.93. The van der Waals surface area contributed by atoms with E-state index in [1.54, 1.807) is 18.2 Å². The van der Waals surface area contributed by atoms with E-state index < -0.39 is 0 Å². The Morgan fingerprint density at radius 3 is 2.71 bits per heavy atom. The number of rotatable bonds is 2. The average molecular weight is 351 g/mol. The van der Waals surface area contributed by atoms with Gasteiger partial charge in [0, 0.05) is 30.7 Å². The molecule has 2 aliphatic heterocycles. The van der Waals surface area contributed by atoms with Gasteiger partial charge < -0.3 is 10.2 Å². The number of nitrogens with one attached hydrogen (secondary N) is 2. The van der Waals surface area contributed by atoms with Crippen LogP contribution in [0.15, 0.2) is 30.3 Å². The number of aromatic nitrogens is 2. The molecular weight excluding hydrogens is 331 g/mol. The van der Waals surface area contributed by atoms with E-state index in [0.717, 1.165) is 31.5 Å². The number of likely N-dealkylation sites (tertiary alicyclic amines) is 1. The molecule has 2 N–H and O–H groups in total. The monoisotopic (exact) mass is 350 g/mol. The van der Waals surface area contributed by atoms with E-state index in [2.05, 4.69) is 15.5 Å². The fraction of sp³-hybridized carbons (Fsp3) is 0.412. The number of halogens is 2. The minimum Gasteiger partial charge on any atom is -0.336 e. The highest BCUT2D eigenvalue weighted by Gasteiger charge is 2.31. The van der Waals surface area contributed by atoms with Gasteiger partial charge in [-0.1, -0.05) is 0 Å². The Labute approximate surface area is 146 Å². The lowest BCUT2D eigenvalue weighted by Gasteiger charge is -2.23. The Morgan fingerprint density at radius 2 is 1.92 bits per heavy atom. The summed E-state index contributed by atoms with van der Waals surface area (Å²) in [7, 11) is 0. The van der Waals surface area contributed by atoms with Crippen molar-refractivity contribution in [1.29, 1.82) is 0 Å². The number of nitrogens with zero attached hydrogens (tertiary/aromatic N) is 2. The van der Waals surface area contributed by atoms with Crippen LogP contribution in [-0.4, -0.2) is 46.2 Å². The van der Waals surface area contributed by atoms with Gasteiger partial charge in [-0.2, -0.15) is 5.10 Å². The predicted octanol–water partition coefficient (Wildman–Crippen LogP) is 2.60. The third-order valence-corrected chi connectivity index (χ3v) is 4.76. The molecule has 0 aliphatic carbocycles. The largest absolute Gasteiger partial charge is 0.336 e. The maximum atomic E-state index is 13.0. The molecule has 4 rings (SSSR count). The Hall–Kier alpha value is -1.92. The first-order valence-electron chi connectivity index (χ1n) is 8.06. The van der Waals surface area contributed by atoms with Crippen LogP contribution in [0.25, 0.3) is 11.3 Å². The SMILES string of the molecule is Cl.O=C(c1cc(-c2ccc(F)cc2)n[nH]1)N1CCC2CCC(C1)N2. The summed E-state index contributed by atoms with van der Waals surface area (Å²) in [6.07, 6.45) is 3.35. The summed E-state index contributed by atoms with van der Waals surface area (Å²) in [5.74, 6) is -0.298. The van der Waals surface area contributed by atoms with Crippen molar-refractivity contribution in [1.82, 2.24) is 20.4 Å². The zero-order chi connectivity index (χ0) is 15.8. The van der Waals surface area contributed by atoms with Crippen molar-refractivity contribution >= 4 is 18.3 Å². The van der Waals surface area contributed by atoms with E-state index in [4.69, 9.17) is 0 Å². The molecule has 0 radical (unpaired) electrons. The number of H-pyrrole nitrogens is 1. The van der Waals surface area contributed by atoms with Gasteiger partial charge in [0.1, 0.15) is 11.5 Å². The van der Waals surface area contributed by atoms with Crippen LogP contribution in [-0.2, 0) is 0 Å². The van der Waals surface area contributed by atoms with Crippen LogP contribution in [0, 0.1) is 5.82 Å². The molecule has 2 bridgehead atoms. The molecule has 2 saturated heterocycles. The van der Waals surface area contributed by atoms with Gasteiger partial charge in [0.05, 0.1) is 5.69 Å². The molecule has 1 amide bonds. The molecule has 1 aromatic carbocycles. The number of aromatic amines is 1. The molecule has 1 aromatic heterocycles. The number of benzene rings is 1. The molecular formula is C17H20ClFN4O. The Bertz CT molecular complexity index is 718. The van der Waals surface area contributed by atoms with Crippen molar-refractivity contribution in [3.63, 3.8) is 0 Å². The Balaban J connectivity index is 0.00000169. The molecule has 128 valence electrons. The number of hydrogen-bond donors (Lipinski definition) is 2. The average Bonchev–Trinajstić information content (AvgIpc) is 3.14. The van der Waals surface area contributed by atoms with Crippen molar-refractivity contribution < 1.29 is 9.18 Å². The topological polar surface area (TPSA) is 61.0 Å². The Morgan fingerprint density at radius 1 is 1.17 bits per heavy atom. The first kappa shape index (κ1) is 16.9. The van der Waals surface area contributed by atoms with Gasteiger partial charge in [-0.05, 0) is 49.6 Å². The molecule has 24 heavy (non-hydrogen) atoms. The molecule has 2 aromatic rings. The van der Waals surface area contributed by atoms with Gasteiger partial charge in [-0.15, -0.1) is 12.4 Å². The minimum absolute atomic E-state index is 0. The predicted molar refractivity (Wildman–Crippen MR) is 91.7 cm³/mol. The molecule has 5 nitrogen and oxygen atoms in total. The second-order valence-corrected chi connectivity index (χ2v) is 6.35. The fourth-order valence-corrected chi connectivity index (χ4v) is 3.50. The first-order valence-corrected chi connectivity index (χ1v) is 8.06. The normalized spacial score (nSPS) is 22.8. The summed E-state index contributed by atoms with van der Waals surface area (Å²) in [6.45, 7) is 1.53. The highest BCUT2D eigenvalue weighted by Crippen LogP contribution is 2.23. The van der Waals surface area contributed by atoms with E-state index in [1.165, 1.54) is 18.6 Å². The molecule has 2 fully saturated rings. The Kier molecular flexibility index (Phi) is 4.87. The first-order chi connectivity index (χ1) is 11.2. The second-order valence-electron chi connectivity index (χ2n) is 6.35. The summed E-state index contributed by atoms with van der Waals surface area (Å²) in [5.41, 5.74) is 1.93. The smallest absolute Gasteiger partial charge is 0.271 e. The molecule has 0 spiro atoms. The number of amides is 1. The van der Waals surface area contributed by atoms with E-state index >= 15 is 0 Å². The van der Waals surface area contributed by atoms with Crippen LogP contribution < -0.4 is 5.32 Å². The highest BCUT2D eigenvalue weighted by atomic mass is 35.5. The maximum Gasteiger partial charge on any atom is 0.271 e. The van der Waals surface area contributed by atoms with Crippen LogP contribution >= 0.6 is 12.4 Å². The standard InChI is InChI=1S/C17H19FN4O.ClH/c18-12-3-1-11(2-4-12)15-9-16(21-20-15)17(23)22-8-7-13-5-6-14(10-22)19-13;/h1-4,9,13-14,19H,5-8,10H2,(H,20,21);1H. The molecule has 2 aliphatic rings. The van der Waals surface area contributed by atoms with Gasteiger partial charge in [0.2, 0.25) is 0 Å².